The molecule has 1 aliphatic carbocycles. The Morgan fingerprint density at radius 2 is 1.83 bits per heavy atom. The lowest BCUT2D eigenvalue weighted by atomic mass is 9.94. The maximum Gasteiger partial charge on any atom is 0.276 e. The molecule has 1 amide bonds. The highest BCUT2D eigenvalue weighted by Crippen LogP contribution is 2.29. The Balaban J connectivity index is 2.23. The second kappa shape index (κ2) is 5.68. The molecule has 0 bridgehead atoms. The van der Waals surface area contributed by atoms with Crippen LogP contribution >= 0.6 is 0 Å². The van der Waals surface area contributed by atoms with Crippen LogP contribution in [0.3, 0.4) is 0 Å². The van der Waals surface area contributed by atoms with Crippen molar-refractivity contribution in [1.82, 2.24) is 5.01 Å². The van der Waals surface area contributed by atoms with Gasteiger partial charge in [0.1, 0.15) is 0 Å². The highest BCUT2D eigenvalue weighted by molar-refractivity contribution is 6.24. The SMILES string of the molecule is CCC(CC)=C1C(=O)N(C2CCCCC2)N=C1C. The van der Waals surface area contributed by atoms with Crippen molar-refractivity contribution in [3.05, 3.63) is 11.1 Å². The number of carbonyl (C=O) groups is 1. The largest absolute Gasteiger partial charge is 0.276 e. The molecular formula is C15H24N2O. The normalized spacial score (nSPS) is 21.5. The van der Waals surface area contributed by atoms with Crippen LogP contribution in [0.15, 0.2) is 16.2 Å². The zero-order valence-electron chi connectivity index (χ0n) is 11.8. The summed E-state index contributed by atoms with van der Waals surface area (Å²) in [5.41, 5.74) is 3.06. The molecule has 0 unspecified atom stereocenters. The van der Waals surface area contributed by atoms with E-state index >= 15 is 0 Å². The molecule has 0 aromatic carbocycles. The standard InChI is InChI=1S/C15H24N2O/c1-4-12(5-2)14-11(3)16-17(15(14)18)13-9-7-6-8-10-13/h13H,4-10H2,1-3H3. The van der Waals surface area contributed by atoms with Gasteiger partial charge in [-0.3, -0.25) is 4.79 Å². The first-order chi connectivity index (χ1) is 8.69. The van der Waals surface area contributed by atoms with Crippen LogP contribution in [0.1, 0.15) is 65.7 Å². The summed E-state index contributed by atoms with van der Waals surface area (Å²) in [7, 11) is 0. The van der Waals surface area contributed by atoms with Gasteiger partial charge < -0.3 is 0 Å². The number of allylic oxidation sites excluding steroid dienone is 1. The van der Waals surface area contributed by atoms with Crippen LogP contribution in [0, 0.1) is 0 Å². The average Bonchev–Trinajstić information content (AvgIpc) is 2.69. The zero-order chi connectivity index (χ0) is 13.1. The van der Waals surface area contributed by atoms with E-state index in [4.69, 9.17) is 0 Å². The fourth-order valence-electron chi connectivity index (χ4n) is 3.11. The van der Waals surface area contributed by atoms with Crippen molar-refractivity contribution >= 4 is 11.6 Å². The maximum atomic E-state index is 12.5. The number of hydrogen-bond acceptors (Lipinski definition) is 2. The topological polar surface area (TPSA) is 32.7 Å². The number of hydrazone groups is 1. The fraction of sp³-hybridized carbons (Fsp3) is 0.733. The molecule has 0 atom stereocenters. The van der Waals surface area contributed by atoms with E-state index in [0.29, 0.717) is 6.04 Å². The second-order valence-corrected chi connectivity index (χ2v) is 5.31. The van der Waals surface area contributed by atoms with Gasteiger partial charge in [-0.25, -0.2) is 5.01 Å². The predicted molar refractivity (Wildman–Crippen MR) is 74.4 cm³/mol. The van der Waals surface area contributed by atoms with E-state index in [9.17, 15) is 4.79 Å². The van der Waals surface area contributed by atoms with Gasteiger partial charge in [-0.15, -0.1) is 0 Å². The minimum Gasteiger partial charge on any atom is -0.267 e. The summed E-state index contributed by atoms with van der Waals surface area (Å²) in [5, 5.41) is 6.31. The van der Waals surface area contributed by atoms with Gasteiger partial charge in [-0.05, 0) is 32.6 Å². The van der Waals surface area contributed by atoms with Gasteiger partial charge in [-0.1, -0.05) is 38.7 Å². The third-order valence-electron chi connectivity index (χ3n) is 4.17. The quantitative estimate of drug-likeness (QED) is 0.702. The van der Waals surface area contributed by atoms with Gasteiger partial charge in [0.15, 0.2) is 0 Å². The molecule has 0 N–H and O–H groups in total. The monoisotopic (exact) mass is 248 g/mol. The summed E-state index contributed by atoms with van der Waals surface area (Å²) in [6.07, 6.45) is 7.89. The molecule has 0 saturated heterocycles. The maximum absolute atomic E-state index is 12.5. The Kier molecular flexibility index (Phi) is 4.20. The lowest BCUT2D eigenvalue weighted by Crippen LogP contribution is -2.35. The number of carbonyl (C=O) groups excluding carboxylic acids is 1. The smallest absolute Gasteiger partial charge is 0.267 e. The van der Waals surface area contributed by atoms with Crippen LogP contribution in [-0.4, -0.2) is 22.7 Å². The summed E-state index contributed by atoms with van der Waals surface area (Å²) in [6.45, 7) is 6.21. The first-order valence-corrected chi connectivity index (χ1v) is 7.30. The Morgan fingerprint density at radius 1 is 1.22 bits per heavy atom. The Labute approximate surface area is 110 Å². The summed E-state index contributed by atoms with van der Waals surface area (Å²) in [5.74, 6) is 0.151. The van der Waals surface area contributed by atoms with Crippen LogP contribution in [0.4, 0.5) is 0 Å². The van der Waals surface area contributed by atoms with E-state index in [1.54, 1.807) is 5.01 Å². The Morgan fingerprint density at radius 3 is 2.39 bits per heavy atom. The molecule has 0 radical (unpaired) electrons. The molecule has 3 nitrogen and oxygen atoms in total. The molecule has 2 rings (SSSR count). The van der Waals surface area contributed by atoms with E-state index in [2.05, 4.69) is 18.9 Å². The van der Waals surface area contributed by atoms with E-state index in [-0.39, 0.29) is 5.91 Å². The third kappa shape index (κ3) is 2.36. The van der Waals surface area contributed by atoms with E-state index < -0.39 is 0 Å². The molecule has 1 heterocycles. The number of nitrogens with zero attached hydrogens (tertiary/aromatic N) is 2. The number of hydrogen-bond donors (Lipinski definition) is 0. The van der Waals surface area contributed by atoms with Crippen LogP contribution in [0.2, 0.25) is 0 Å². The van der Waals surface area contributed by atoms with Crippen LogP contribution in [-0.2, 0) is 4.79 Å². The summed E-state index contributed by atoms with van der Waals surface area (Å²) in [6, 6.07) is 0.341. The molecule has 1 saturated carbocycles. The molecule has 3 heteroatoms. The van der Waals surface area contributed by atoms with Crippen molar-refractivity contribution in [1.29, 1.82) is 0 Å². The lowest BCUT2D eigenvalue weighted by molar-refractivity contribution is -0.128. The first-order valence-electron chi connectivity index (χ1n) is 7.30. The lowest BCUT2D eigenvalue weighted by Gasteiger charge is -2.27. The molecule has 0 aromatic rings. The van der Waals surface area contributed by atoms with Crippen molar-refractivity contribution in [2.75, 3.05) is 0 Å². The van der Waals surface area contributed by atoms with E-state index in [1.165, 1.54) is 24.8 Å². The predicted octanol–water partition coefficient (Wildman–Crippen LogP) is 3.65. The van der Waals surface area contributed by atoms with Gasteiger partial charge in [0.2, 0.25) is 0 Å². The Hall–Kier alpha value is -1.12. The summed E-state index contributed by atoms with van der Waals surface area (Å²) in [4.78, 5) is 12.5. The van der Waals surface area contributed by atoms with Crippen molar-refractivity contribution in [3.8, 4) is 0 Å². The second-order valence-electron chi connectivity index (χ2n) is 5.31. The van der Waals surface area contributed by atoms with Crippen molar-refractivity contribution in [2.24, 2.45) is 5.10 Å². The minimum absolute atomic E-state index is 0.151. The molecular weight excluding hydrogens is 224 g/mol. The van der Waals surface area contributed by atoms with Crippen molar-refractivity contribution in [2.45, 2.75) is 71.8 Å². The van der Waals surface area contributed by atoms with Crippen LogP contribution in [0.25, 0.3) is 0 Å². The van der Waals surface area contributed by atoms with Crippen LogP contribution in [0.5, 0.6) is 0 Å². The van der Waals surface area contributed by atoms with Crippen LogP contribution < -0.4 is 0 Å². The highest BCUT2D eigenvalue weighted by Gasteiger charge is 2.34. The summed E-state index contributed by atoms with van der Waals surface area (Å²) >= 11 is 0. The fourth-order valence-corrected chi connectivity index (χ4v) is 3.11. The molecule has 0 spiro atoms. The molecule has 100 valence electrons. The van der Waals surface area contributed by atoms with Crippen molar-refractivity contribution in [3.63, 3.8) is 0 Å². The highest BCUT2D eigenvalue weighted by atomic mass is 16.2. The third-order valence-corrected chi connectivity index (χ3v) is 4.17. The summed E-state index contributed by atoms with van der Waals surface area (Å²) < 4.78 is 0. The minimum atomic E-state index is 0.151. The van der Waals surface area contributed by atoms with Gasteiger partial charge in [0.25, 0.3) is 5.91 Å². The number of amides is 1. The van der Waals surface area contributed by atoms with Gasteiger partial charge >= 0.3 is 0 Å². The zero-order valence-corrected chi connectivity index (χ0v) is 11.8. The number of rotatable bonds is 3. The van der Waals surface area contributed by atoms with E-state index in [1.807, 2.05) is 6.92 Å². The first kappa shape index (κ1) is 13.3. The molecule has 2 aliphatic rings. The van der Waals surface area contributed by atoms with E-state index in [0.717, 1.165) is 37.0 Å². The Bertz CT molecular complexity index is 383. The van der Waals surface area contributed by atoms with Gasteiger partial charge in [0, 0.05) is 0 Å². The molecule has 0 aromatic heterocycles. The molecule has 18 heavy (non-hydrogen) atoms. The van der Waals surface area contributed by atoms with Gasteiger partial charge in [0.05, 0.1) is 17.3 Å². The molecule has 1 fully saturated rings. The average molecular weight is 248 g/mol. The van der Waals surface area contributed by atoms with Crippen molar-refractivity contribution < 1.29 is 4.79 Å². The molecule has 1 aliphatic heterocycles. The van der Waals surface area contributed by atoms with Gasteiger partial charge in [-0.2, -0.15) is 5.10 Å².